The number of rotatable bonds is 5. The highest BCUT2D eigenvalue weighted by atomic mass is 32.2. The Morgan fingerprint density at radius 3 is 2.44 bits per heavy atom. The van der Waals surface area contributed by atoms with E-state index in [-0.39, 0.29) is 11.8 Å². The zero-order valence-corrected chi connectivity index (χ0v) is 10.7. The molecule has 0 fully saturated rings. The van der Waals surface area contributed by atoms with Crippen LogP contribution in [0.15, 0.2) is 24.3 Å². The highest BCUT2D eigenvalue weighted by Crippen LogP contribution is 2.12. The van der Waals surface area contributed by atoms with E-state index in [1.165, 1.54) is 0 Å². The molecule has 0 unspecified atom stereocenters. The number of amides is 1. The van der Waals surface area contributed by atoms with Crippen molar-refractivity contribution in [2.45, 2.75) is 20.4 Å². The van der Waals surface area contributed by atoms with E-state index in [0.29, 0.717) is 6.54 Å². The number of hydrogen-bond acceptors (Lipinski definition) is 3. The molecule has 1 rings (SSSR count). The lowest BCUT2D eigenvalue weighted by Crippen LogP contribution is -2.27. The predicted molar refractivity (Wildman–Crippen MR) is 70.3 cm³/mol. The summed E-state index contributed by atoms with van der Waals surface area (Å²) in [5.41, 5.74) is 2.19. The van der Waals surface area contributed by atoms with Crippen LogP contribution in [0.5, 0.6) is 0 Å². The summed E-state index contributed by atoms with van der Waals surface area (Å²) >= 11 is 1.56. The van der Waals surface area contributed by atoms with E-state index < -0.39 is 0 Å². The van der Waals surface area contributed by atoms with Crippen LogP contribution in [0.3, 0.4) is 0 Å². The van der Waals surface area contributed by atoms with E-state index in [4.69, 9.17) is 0 Å². The highest BCUT2D eigenvalue weighted by molar-refractivity contribution is 7.99. The van der Waals surface area contributed by atoms with Crippen molar-refractivity contribution in [2.24, 2.45) is 5.92 Å². The predicted octanol–water partition coefficient (Wildman–Crippen LogP) is 2.65. The second-order valence-corrected chi connectivity index (χ2v) is 4.49. The number of carbonyl (C=O) groups is 1. The lowest BCUT2D eigenvalue weighted by Gasteiger charge is -2.08. The first-order chi connectivity index (χ1) is 7.63. The third-order valence-electron chi connectivity index (χ3n) is 2.16. The molecule has 0 aliphatic rings. The van der Waals surface area contributed by atoms with Crippen LogP contribution in [0.4, 0.5) is 5.69 Å². The number of hydrogen-bond donors (Lipinski definition) is 2. The van der Waals surface area contributed by atoms with Gasteiger partial charge in [-0.1, -0.05) is 37.9 Å². The Balaban J connectivity index is 2.46. The summed E-state index contributed by atoms with van der Waals surface area (Å²) in [4.78, 5) is 11.4. The van der Waals surface area contributed by atoms with E-state index in [1.807, 2.05) is 44.4 Å². The minimum atomic E-state index is 0.0393. The van der Waals surface area contributed by atoms with Crippen LogP contribution in [-0.4, -0.2) is 12.2 Å². The van der Waals surface area contributed by atoms with Crippen molar-refractivity contribution in [3.05, 3.63) is 29.8 Å². The quantitative estimate of drug-likeness (QED) is 0.775. The van der Waals surface area contributed by atoms with Gasteiger partial charge in [0, 0.05) is 24.4 Å². The molecule has 0 aliphatic heterocycles. The van der Waals surface area contributed by atoms with Gasteiger partial charge in [0.15, 0.2) is 0 Å². The molecule has 16 heavy (non-hydrogen) atoms. The minimum Gasteiger partial charge on any atom is -0.352 e. The maximum Gasteiger partial charge on any atom is 0.222 e. The molecule has 3 nitrogen and oxygen atoms in total. The monoisotopic (exact) mass is 238 g/mol. The van der Waals surface area contributed by atoms with E-state index in [1.54, 1.807) is 11.9 Å². The summed E-state index contributed by atoms with van der Waals surface area (Å²) in [7, 11) is 0. The van der Waals surface area contributed by atoms with Crippen LogP contribution in [0.2, 0.25) is 0 Å². The summed E-state index contributed by atoms with van der Waals surface area (Å²) in [6.45, 7) is 4.37. The largest absolute Gasteiger partial charge is 0.352 e. The van der Waals surface area contributed by atoms with Gasteiger partial charge < -0.3 is 10.0 Å². The molecule has 1 amide bonds. The van der Waals surface area contributed by atoms with Gasteiger partial charge in [-0.15, -0.1) is 0 Å². The zero-order valence-electron chi connectivity index (χ0n) is 9.91. The van der Waals surface area contributed by atoms with Gasteiger partial charge in [0.2, 0.25) is 5.91 Å². The van der Waals surface area contributed by atoms with Crippen LogP contribution < -0.4 is 10.0 Å². The van der Waals surface area contributed by atoms with Crippen molar-refractivity contribution in [1.29, 1.82) is 0 Å². The summed E-state index contributed by atoms with van der Waals surface area (Å²) < 4.78 is 3.15. The van der Waals surface area contributed by atoms with Gasteiger partial charge >= 0.3 is 0 Å². The fourth-order valence-corrected chi connectivity index (χ4v) is 1.57. The average Bonchev–Trinajstić information content (AvgIpc) is 2.28. The maximum atomic E-state index is 11.4. The highest BCUT2D eigenvalue weighted by Gasteiger charge is 2.05. The molecule has 1 aromatic carbocycles. The van der Waals surface area contributed by atoms with Crippen molar-refractivity contribution < 1.29 is 4.79 Å². The van der Waals surface area contributed by atoms with Gasteiger partial charge in [0.05, 0.1) is 0 Å². The zero-order chi connectivity index (χ0) is 12.0. The molecule has 0 bridgehead atoms. The minimum absolute atomic E-state index is 0.0393. The molecule has 1 aromatic rings. The standard InChI is InChI=1S/C12H18N2OS/c1-9(2)12(15)13-8-10-4-6-11(7-5-10)14-16-3/h4-7,9,14H,8H2,1-3H3,(H,13,15). The first-order valence-corrected chi connectivity index (χ1v) is 6.51. The molecule has 0 saturated heterocycles. The first kappa shape index (κ1) is 12.9. The van der Waals surface area contributed by atoms with E-state index in [9.17, 15) is 4.79 Å². The summed E-state index contributed by atoms with van der Waals surface area (Å²) in [5, 5.41) is 2.89. The Morgan fingerprint density at radius 1 is 1.31 bits per heavy atom. The Bertz CT molecular complexity index is 335. The Labute approximate surface area is 101 Å². The van der Waals surface area contributed by atoms with E-state index >= 15 is 0 Å². The van der Waals surface area contributed by atoms with Gasteiger partial charge in [0.1, 0.15) is 0 Å². The van der Waals surface area contributed by atoms with Gasteiger partial charge in [0.25, 0.3) is 0 Å². The van der Waals surface area contributed by atoms with Gasteiger partial charge in [-0.2, -0.15) is 0 Å². The Kier molecular flexibility index (Phi) is 5.19. The van der Waals surface area contributed by atoms with Gasteiger partial charge in [-0.25, -0.2) is 0 Å². The van der Waals surface area contributed by atoms with E-state index in [0.717, 1.165) is 11.3 Å². The summed E-state index contributed by atoms with van der Waals surface area (Å²) in [6.07, 6.45) is 1.98. The van der Waals surface area contributed by atoms with Crippen molar-refractivity contribution >= 4 is 23.5 Å². The molecular weight excluding hydrogens is 220 g/mol. The molecule has 0 spiro atoms. The van der Waals surface area contributed by atoms with Gasteiger partial charge in [-0.3, -0.25) is 4.79 Å². The van der Waals surface area contributed by atoms with Crippen LogP contribution in [0.25, 0.3) is 0 Å². The second kappa shape index (κ2) is 6.43. The summed E-state index contributed by atoms with van der Waals surface area (Å²) in [6, 6.07) is 8.04. The molecule has 4 heteroatoms. The SMILES string of the molecule is CSNc1ccc(CNC(=O)C(C)C)cc1. The Hall–Kier alpha value is -1.16. The van der Waals surface area contributed by atoms with Crippen molar-refractivity contribution in [3.8, 4) is 0 Å². The maximum absolute atomic E-state index is 11.4. The van der Waals surface area contributed by atoms with Crippen molar-refractivity contribution in [2.75, 3.05) is 11.0 Å². The first-order valence-electron chi connectivity index (χ1n) is 5.29. The van der Waals surface area contributed by atoms with Crippen LogP contribution in [0, 0.1) is 5.92 Å². The van der Waals surface area contributed by atoms with Crippen LogP contribution in [0.1, 0.15) is 19.4 Å². The second-order valence-electron chi connectivity index (χ2n) is 3.88. The third kappa shape index (κ3) is 4.14. The van der Waals surface area contributed by atoms with Crippen LogP contribution in [-0.2, 0) is 11.3 Å². The molecule has 0 saturated carbocycles. The number of nitrogens with one attached hydrogen (secondary N) is 2. The third-order valence-corrected chi connectivity index (χ3v) is 2.60. The molecule has 0 radical (unpaired) electrons. The van der Waals surface area contributed by atoms with Gasteiger partial charge in [-0.05, 0) is 17.7 Å². The molecule has 0 aromatic heterocycles. The molecule has 0 heterocycles. The van der Waals surface area contributed by atoms with Crippen molar-refractivity contribution in [3.63, 3.8) is 0 Å². The lowest BCUT2D eigenvalue weighted by molar-refractivity contribution is -0.124. The fraction of sp³-hybridized carbons (Fsp3) is 0.417. The van der Waals surface area contributed by atoms with E-state index in [2.05, 4.69) is 10.0 Å². The lowest BCUT2D eigenvalue weighted by atomic mass is 10.2. The smallest absolute Gasteiger partial charge is 0.222 e. The fourth-order valence-electron chi connectivity index (χ4n) is 1.20. The number of carbonyl (C=O) groups excluding carboxylic acids is 1. The number of anilines is 1. The number of benzene rings is 1. The molecule has 2 N–H and O–H groups in total. The average molecular weight is 238 g/mol. The normalized spacial score (nSPS) is 10.2. The molecule has 0 aliphatic carbocycles. The molecular formula is C12H18N2OS. The molecule has 0 atom stereocenters. The Morgan fingerprint density at radius 2 is 1.94 bits per heavy atom. The topological polar surface area (TPSA) is 41.1 Å². The molecule has 88 valence electrons. The van der Waals surface area contributed by atoms with Crippen LogP contribution >= 0.6 is 11.9 Å². The summed E-state index contributed by atoms with van der Waals surface area (Å²) in [5.74, 6) is 0.128. The van der Waals surface area contributed by atoms with Crippen molar-refractivity contribution in [1.82, 2.24) is 5.32 Å².